The number of carboxylic acids is 1. The van der Waals surface area contributed by atoms with Crippen LogP contribution in [0.5, 0.6) is 0 Å². The van der Waals surface area contributed by atoms with E-state index >= 15 is 0 Å². The number of hydrogen-bond acceptors (Lipinski definition) is 4. The van der Waals surface area contributed by atoms with Crippen molar-refractivity contribution in [3.05, 3.63) is 29.3 Å². The summed E-state index contributed by atoms with van der Waals surface area (Å²) in [6.07, 6.45) is -0.750. The molecule has 0 radical (unpaired) electrons. The van der Waals surface area contributed by atoms with Gasteiger partial charge in [0.05, 0.1) is 5.56 Å². The molecule has 1 aromatic carbocycles. The van der Waals surface area contributed by atoms with E-state index in [1.54, 1.807) is 19.1 Å². The van der Waals surface area contributed by atoms with Gasteiger partial charge in [-0.25, -0.2) is 4.79 Å². The average Bonchev–Trinajstić information content (AvgIpc) is 2.32. The number of aromatic carboxylic acids is 1. The molecule has 98 valence electrons. The third-order valence-corrected chi connectivity index (χ3v) is 2.53. The molecular formula is C12H16N2O4. The van der Waals surface area contributed by atoms with Crippen molar-refractivity contribution in [3.63, 3.8) is 0 Å². The van der Waals surface area contributed by atoms with Crippen LogP contribution in [0.2, 0.25) is 0 Å². The van der Waals surface area contributed by atoms with E-state index in [1.807, 2.05) is 0 Å². The third-order valence-electron chi connectivity index (χ3n) is 2.53. The lowest BCUT2D eigenvalue weighted by Gasteiger charge is -2.13. The number of methoxy groups -OCH3 is 1. The minimum Gasteiger partial charge on any atom is -0.478 e. The summed E-state index contributed by atoms with van der Waals surface area (Å²) in [4.78, 5) is 22.6. The number of benzene rings is 1. The van der Waals surface area contributed by atoms with Gasteiger partial charge in [0.25, 0.3) is 5.91 Å². The second-order valence-electron chi connectivity index (χ2n) is 3.78. The van der Waals surface area contributed by atoms with Gasteiger partial charge in [0, 0.05) is 19.3 Å². The molecule has 0 aliphatic carbocycles. The van der Waals surface area contributed by atoms with Gasteiger partial charge in [0.2, 0.25) is 0 Å². The maximum atomic E-state index is 11.7. The molecule has 4 N–H and O–H groups in total. The summed E-state index contributed by atoms with van der Waals surface area (Å²) in [6.45, 7) is 1.74. The molecule has 18 heavy (non-hydrogen) atoms. The van der Waals surface area contributed by atoms with Crippen LogP contribution in [0.1, 0.15) is 15.9 Å². The van der Waals surface area contributed by atoms with Crippen molar-refractivity contribution in [3.8, 4) is 0 Å². The Balaban J connectivity index is 2.89. The van der Waals surface area contributed by atoms with E-state index in [0.717, 1.165) is 0 Å². The Hall–Kier alpha value is -1.92. The number of anilines is 1. The van der Waals surface area contributed by atoms with Gasteiger partial charge < -0.3 is 20.9 Å². The van der Waals surface area contributed by atoms with Gasteiger partial charge in [-0.15, -0.1) is 0 Å². The largest absolute Gasteiger partial charge is 0.478 e. The predicted octanol–water partition coefficient (Wildman–Crippen LogP) is 0.605. The van der Waals surface area contributed by atoms with Crippen molar-refractivity contribution in [2.24, 2.45) is 5.73 Å². The molecule has 1 rings (SSSR count). The first-order chi connectivity index (χ1) is 8.49. The molecule has 6 heteroatoms. The maximum Gasteiger partial charge on any atom is 0.336 e. The van der Waals surface area contributed by atoms with Crippen molar-refractivity contribution >= 4 is 17.6 Å². The van der Waals surface area contributed by atoms with Gasteiger partial charge >= 0.3 is 5.97 Å². The number of rotatable bonds is 5. The highest BCUT2D eigenvalue weighted by atomic mass is 16.5. The highest BCUT2D eigenvalue weighted by molar-refractivity contribution is 5.96. The van der Waals surface area contributed by atoms with E-state index < -0.39 is 18.0 Å². The van der Waals surface area contributed by atoms with E-state index in [-0.39, 0.29) is 12.1 Å². The summed E-state index contributed by atoms with van der Waals surface area (Å²) in [5.74, 6) is -1.44. The van der Waals surface area contributed by atoms with Crippen LogP contribution in [0.15, 0.2) is 18.2 Å². The topological polar surface area (TPSA) is 102 Å². The highest BCUT2D eigenvalue weighted by Crippen LogP contribution is 2.15. The number of ether oxygens (including phenoxy) is 1. The SMILES string of the molecule is COC(CN)C(=O)Nc1ccc(C)c(C(=O)O)c1. The third kappa shape index (κ3) is 3.28. The zero-order valence-corrected chi connectivity index (χ0v) is 10.3. The molecule has 0 saturated heterocycles. The van der Waals surface area contributed by atoms with Crippen molar-refractivity contribution < 1.29 is 19.4 Å². The molecule has 1 unspecified atom stereocenters. The first kappa shape index (κ1) is 14.1. The van der Waals surface area contributed by atoms with E-state index in [2.05, 4.69) is 5.32 Å². The van der Waals surface area contributed by atoms with Gasteiger partial charge in [0.1, 0.15) is 6.10 Å². The van der Waals surface area contributed by atoms with Gasteiger partial charge in [0.15, 0.2) is 0 Å². The van der Waals surface area contributed by atoms with Gasteiger partial charge in [-0.05, 0) is 24.6 Å². The van der Waals surface area contributed by atoms with Crippen molar-refractivity contribution in [2.45, 2.75) is 13.0 Å². The van der Waals surface area contributed by atoms with Crippen molar-refractivity contribution in [1.82, 2.24) is 0 Å². The Morgan fingerprint density at radius 2 is 2.17 bits per heavy atom. The van der Waals surface area contributed by atoms with Crippen LogP contribution in [-0.4, -0.2) is 36.7 Å². The predicted molar refractivity (Wildman–Crippen MR) is 66.6 cm³/mol. The minimum atomic E-state index is -1.04. The van der Waals surface area contributed by atoms with Crippen LogP contribution >= 0.6 is 0 Å². The molecule has 0 aliphatic heterocycles. The van der Waals surface area contributed by atoms with Crippen LogP contribution in [-0.2, 0) is 9.53 Å². The van der Waals surface area contributed by atoms with Crippen LogP contribution in [0.25, 0.3) is 0 Å². The molecule has 0 spiro atoms. The molecule has 0 fully saturated rings. The first-order valence-corrected chi connectivity index (χ1v) is 5.37. The Kier molecular flexibility index (Phi) is 4.82. The number of nitrogens with one attached hydrogen (secondary N) is 1. The van der Waals surface area contributed by atoms with E-state index in [4.69, 9.17) is 15.6 Å². The summed E-state index contributed by atoms with van der Waals surface area (Å²) in [5.41, 5.74) is 6.54. The van der Waals surface area contributed by atoms with E-state index in [0.29, 0.717) is 11.3 Å². The zero-order valence-electron chi connectivity index (χ0n) is 10.3. The molecule has 0 aromatic heterocycles. The number of carbonyl (C=O) groups excluding carboxylic acids is 1. The maximum absolute atomic E-state index is 11.7. The summed E-state index contributed by atoms with van der Waals surface area (Å²) < 4.78 is 4.88. The molecule has 6 nitrogen and oxygen atoms in total. The van der Waals surface area contributed by atoms with Gasteiger partial charge in [-0.2, -0.15) is 0 Å². The number of aryl methyl sites for hydroxylation is 1. The number of nitrogens with two attached hydrogens (primary N) is 1. The second kappa shape index (κ2) is 6.13. The fraction of sp³-hybridized carbons (Fsp3) is 0.333. The minimum absolute atomic E-state index is 0.0555. The molecule has 1 amide bonds. The fourth-order valence-corrected chi connectivity index (χ4v) is 1.46. The number of carboxylic acid groups (broad SMARTS) is 1. The highest BCUT2D eigenvalue weighted by Gasteiger charge is 2.16. The summed E-state index contributed by atoms with van der Waals surface area (Å²) >= 11 is 0. The Bertz CT molecular complexity index is 455. The first-order valence-electron chi connectivity index (χ1n) is 5.37. The van der Waals surface area contributed by atoms with E-state index in [1.165, 1.54) is 13.2 Å². The molecule has 1 atom stereocenters. The number of carbonyl (C=O) groups is 2. The summed E-state index contributed by atoms with van der Waals surface area (Å²) in [6, 6.07) is 4.66. The van der Waals surface area contributed by atoms with Crippen LogP contribution in [0, 0.1) is 6.92 Å². The van der Waals surface area contributed by atoms with Crippen LogP contribution in [0.3, 0.4) is 0 Å². The standard InChI is InChI=1S/C12H16N2O4/c1-7-3-4-8(5-9(7)12(16)17)14-11(15)10(6-13)18-2/h3-5,10H,6,13H2,1-2H3,(H,14,15)(H,16,17). The van der Waals surface area contributed by atoms with Gasteiger partial charge in [-0.1, -0.05) is 6.07 Å². The van der Waals surface area contributed by atoms with Crippen molar-refractivity contribution in [1.29, 1.82) is 0 Å². The monoisotopic (exact) mass is 252 g/mol. The second-order valence-corrected chi connectivity index (χ2v) is 3.78. The smallest absolute Gasteiger partial charge is 0.336 e. The number of amides is 1. The van der Waals surface area contributed by atoms with Gasteiger partial charge in [-0.3, -0.25) is 4.79 Å². The molecule has 0 aliphatic rings. The normalized spacial score (nSPS) is 11.9. The van der Waals surface area contributed by atoms with Crippen LogP contribution < -0.4 is 11.1 Å². The molecule has 1 aromatic rings. The van der Waals surface area contributed by atoms with E-state index in [9.17, 15) is 9.59 Å². The lowest BCUT2D eigenvalue weighted by molar-refractivity contribution is -0.125. The zero-order chi connectivity index (χ0) is 13.7. The average molecular weight is 252 g/mol. The lowest BCUT2D eigenvalue weighted by Crippen LogP contribution is -2.35. The van der Waals surface area contributed by atoms with Crippen molar-refractivity contribution in [2.75, 3.05) is 19.0 Å². The molecule has 0 saturated carbocycles. The quantitative estimate of drug-likeness (QED) is 0.712. The fourth-order valence-electron chi connectivity index (χ4n) is 1.46. The van der Waals surface area contributed by atoms with Crippen LogP contribution in [0.4, 0.5) is 5.69 Å². The molecular weight excluding hydrogens is 236 g/mol. The summed E-state index contributed by atoms with van der Waals surface area (Å²) in [7, 11) is 1.38. The Labute approximate surface area is 105 Å². The molecule has 0 bridgehead atoms. The summed E-state index contributed by atoms with van der Waals surface area (Å²) in [5, 5.41) is 11.5. The Morgan fingerprint density at radius 3 is 2.67 bits per heavy atom. The number of hydrogen-bond donors (Lipinski definition) is 3. The molecule has 0 heterocycles. The lowest BCUT2D eigenvalue weighted by atomic mass is 10.1. The Morgan fingerprint density at radius 1 is 1.50 bits per heavy atom.